The van der Waals surface area contributed by atoms with Crippen molar-refractivity contribution in [1.29, 1.82) is 0 Å². The SMILES string of the molecule is Cc1ccc(S(=O)(=O)C(=O)C(O)c2ccccc2)cc1. The molecular weight excluding hydrogens is 276 g/mol. The first-order chi connectivity index (χ1) is 9.43. The van der Waals surface area contributed by atoms with Crippen molar-refractivity contribution in [1.82, 2.24) is 0 Å². The van der Waals surface area contributed by atoms with Gasteiger partial charge in [-0.15, -0.1) is 0 Å². The van der Waals surface area contributed by atoms with Crippen molar-refractivity contribution in [2.45, 2.75) is 17.9 Å². The number of carbonyl (C=O) groups excluding carboxylic acids is 1. The molecule has 104 valence electrons. The highest BCUT2D eigenvalue weighted by Gasteiger charge is 2.31. The quantitative estimate of drug-likeness (QED) is 0.939. The van der Waals surface area contributed by atoms with Crippen molar-refractivity contribution in [3.05, 3.63) is 65.7 Å². The molecule has 0 bridgehead atoms. The normalized spacial score (nSPS) is 12.9. The summed E-state index contributed by atoms with van der Waals surface area (Å²) < 4.78 is 24.3. The van der Waals surface area contributed by atoms with E-state index in [4.69, 9.17) is 0 Å². The molecule has 2 rings (SSSR count). The number of benzene rings is 2. The second kappa shape index (κ2) is 5.56. The molecule has 1 atom stereocenters. The van der Waals surface area contributed by atoms with Crippen LogP contribution in [0.3, 0.4) is 0 Å². The standard InChI is InChI=1S/C15H14O4S/c1-11-7-9-13(10-8-11)20(18,19)15(17)14(16)12-5-3-2-4-6-12/h2-10,14,16H,1H3. The van der Waals surface area contributed by atoms with Crippen molar-refractivity contribution in [3.8, 4) is 0 Å². The van der Waals surface area contributed by atoms with Gasteiger partial charge in [-0.05, 0) is 24.6 Å². The maximum Gasteiger partial charge on any atom is 0.283 e. The van der Waals surface area contributed by atoms with E-state index < -0.39 is 21.1 Å². The zero-order valence-corrected chi connectivity index (χ0v) is 11.7. The third kappa shape index (κ3) is 2.79. The van der Waals surface area contributed by atoms with Crippen LogP contribution >= 0.6 is 0 Å². The third-order valence-corrected chi connectivity index (χ3v) is 4.58. The number of aliphatic hydroxyl groups excluding tert-OH is 1. The molecule has 4 nitrogen and oxygen atoms in total. The molecule has 0 aliphatic heterocycles. The molecule has 20 heavy (non-hydrogen) atoms. The van der Waals surface area contributed by atoms with Gasteiger partial charge in [0, 0.05) is 0 Å². The van der Waals surface area contributed by atoms with Crippen LogP contribution in [-0.4, -0.2) is 18.6 Å². The van der Waals surface area contributed by atoms with Crippen LogP contribution in [0, 0.1) is 6.92 Å². The Morgan fingerprint density at radius 1 is 1.00 bits per heavy atom. The number of aryl methyl sites for hydroxylation is 1. The highest BCUT2D eigenvalue weighted by atomic mass is 32.2. The molecule has 1 N–H and O–H groups in total. The Labute approximate surface area is 117 Å². The van der Waals surface area contributed by atoms with Crippen LogP contribution in [0.1, 0.15) is 17.2 Å². The fourth-order valence-corrected chi connectivity index (χ4v) is 2.91. The minimum absolute atomic E-state index is 0.108. The second-order valence-corrected chi connectivity index (χ2v) is 6.33. The highest BCUT2D eigenvalue weighted by molar-refractivity contribution is 8.06. The predicted octanol–water partition coefficient (Wildman–Crippen LogP) is 2.03. The summed E-state index contributed by atoms with van der Waals surface area (Å²) in [6, 6.07) is 13.9. The van der Waals surface area contributed by atoms with Crippen LogP contribution < -0.4 is 0 Å². The maximum absolute atomic E-state index is 12.1. The molecule has 0 aliphatic rings. The van der Waals surface area contributed by atoms with Crippen molar-refractivity contribution >= 4 is 15.0 Å². The zero-order valence-electron chi connectivity index (χ0n) is 10.9. The van der Waals surface area contributed by atoms with Gasteiger partial charge in [0.05, 0.1) is 4.90 Å². The summed E-state index contributed by atoms with van der Waals surface area (Å²) in [5.41, 5.74) is 1.15. The van der Waals surface area contributed by atoms with Crippen LogP contribution in [0.4, 0.5) is 0 Å². The number of carbonyl (C=O) groups is 1. The van der Waals surface area contributed by atoms with Gasteiger partial charge < -0.3 is 5.11 Å². The minimum Gasteiger partial charge on any atom is -0.379 e. The molecule has 0 spiro atoms. The Morgan fingerprint density at radius 3 is 2.10 bits per heavy atom. The third-order valence-electron chi connectivity index (χ3n) is 2.93. The Bertz CT molecular complexity index is 703. The second-order valence-electron chi connectivity index (χ2n) is 4.45. The molecule has 0 saturated heterocycles. The van der Waals surface area contributed by atoms with E-state index in [9.17, 15) is 18.3 Å². The summed E-state index contributed by atoms with van der Waals surface area (Å²) in [7, 11) is -4.19. The molecule has 5 heteroatoms. The lowest BCUT2D eigenvalue weighted by Crippen LogP contribution is -2.22. The van der Waals surface area contributed by atoms with E-state index in [2.05, 4.69) is 0 Å². The highest BCUT2D eigenvalue weighted by Crippen LogP contribution is 2.21. The molecule has 0 amide bonds. The molecule has 0 aliphatic carbocycles. The molecule has 0 heterocycles. The Kier molecular flexibility index (Phi) is 4.01. The van der Waals surface area contributed by atoms with Gasteiger partial charge >= 0.3 is 0 Å². The first-order valence-electron chi connectivity index (χ1n) is 6.01. The van der Waals surface area contributed by atoms with E-state index in [0.717, 1.165) is 5.56 Å². The molecular formula is C15H14O4S. The average molecular weight is 290 g/mol. The summed E-state index contributed by atoms with van der Waals surface area (Å²) in [4.78, 5) is 11.9. The Morgan fingerprint density at radius 2 is 1.55 bits per heavy atom. The van der Waals surface area contributed by atoms with Gasteiger partial charge in [0.1, 0.15) is 0 Å². The van der Waals surface area contributed by atoms with Crippen LogP contribution in [0.15, 0.2) is 59.5 Å². The first-order valence-corrected chi connectivity index (χ1v) is 7.50. The van der Waals surface area contributed by atoms with Crippen molar-refractivity contribution in [2.24, 2.45) is 0 Å². The fraction of sp³-hybridized carbons (Fsp3) is 0.133. The minimum atomic E-state index is -4.19. The van der Waals surface area contributed by atoms with Gasteiger partial charge in [-0.25, -0.2) is 8.42 Å². The number of hydrogen-bond donors (Lipinski definition) is 1. The first kappa shape index (κ1) is 14.4. The summed E-state index contributed by atoms with van der Waals surface area (Å²) in [6.45, 7) is 1.82. The Balaban J connectivity index is 2.35. The molecule has 2 aromatic carbocycles. The van der Waals surface area contributed by atoms with Crippen molar-refractivity contribution in [2.75, 3.05) is 0 Å². The van der Waals surface area contributed by atoms with Crippen molar-refractivity contribution in [3.63, 3.8) is 0 Å². The smallest absolute Gasteiger partial charge is 0.283 e. The van der Waals surface area contributed by atoms with Gasteiger partial charge in [0.2, 0.25) is 9.84 Å². The number of hydrogen-bond acceptors (Lipinski definition) is 4. The van der Waals surface area contributed by atoms with Gasteiger partial charge in [0.15, 0.2) is 6.10 Å². The number of sulfone groups is 1. The summed E-state index contributed by atoms with van der Waals surface area (Å²) in [6.07, 6.45) is -1.68. The topological polar surface area (TPSA) is 71.4 Å². The van der Waals surface area contributed by atoms with E-state index in [1.807, 2.05) is 6.92 Å². The monoisotopic (exact) mass is 290 g/mol. The van der Waals surface area contributed by atoms with E-state index in [0.29, 0.717) is 0 Å². The van der Waals surface area contributed by atoms with Crippen LogP contribution in [0.5, 0.6) is 0 Å². The maximum atomic E-state index is 12.1. The summed E-state index contributed by atoms with van der Waals surface area (Å²) in [5.74, 6) is 0. The zero-order chi connectivity index (χ0) is 14.8. The fourth-order valence-electron chi connectivity index (χ4n) is 1.75. The lowest BCUT2D eigenvalue weighted by Gasteiger charge is -2.10. The molecule has 0 saturated carbocycles. The molecule has 1 unspecified atom stereocenters. The molecule has 2 aromatic rings. The van der Waals surface area contributed by atoms with Crippen molar-refractivity contribution < 1.29 is 18.3 Å². The number of rotatable bonds is 3. The number of aliphatic hydroxyl groups is 1. The van der Waals surface area contributed by atoms with Crippen LogP contribution in [-0.2, 0) is 14.6 Å². The van der Waals surface area contributed by atoms with Gasteiger partial charge in [-0.2, -0.15) is 0 Å². The Hall–Kier alpha value is -1.98. The molecule has 0 radical (unpaired) electrons. The van der Waals surface area contributed by atoms with Gasteiger partial charge in [-0.1, -0.05) is 48.0 Å². The van der Waals surface area contributed by atoms with Gasteiger partial charge in [-0.3, -0.25) is 4.79 Å². The summed E-state index contributed by atoms with van der Waals surface area (Å²) in [5, 5.41) is 8.70. The lowest BCUT2D eigenvalue weighted by atomic mass is 10.1. The van der Waals surface area contributed by atoms with E-state index in [1.54, 1.807) is 30.3 Å². The van der Waals surface area contributed by atoms with E-state index >= 15 is 0 Å². The van der Waals surface area contributed by atoms with Crippen LogP contribution in [0.25, 0.3) is 0 Å². The van der Waals surface area contributed by atoms with Gasteiger partial charge in [0.25, 0.3) is 5.12 Å². The average Bonchev–Trinajstić information content (AvgIpc) is 2.47. The van der Waals surface area contributed by atoms with E-state index in [1.165, 1.54) is 24.3 Å². The van der Waals surface area contributed by atoms with E-state index in [-0.39, 0.29) is 10.5 Å². The molecule has 0 aromatic heterocycles. The van der Waals surface area contributed by atoms with Crippen LogP contribution in [0.2, 0.25) is 0 Å². The lowest BCUT2D eigenvalue weighted by molar-refractivity contribution is -0.119. The predicted molar refractivity (Wildman–Crippen MR) is 74.8 cm³/mol. The largest absolute Gasteiger partial charge is 0.379 e. The summed E-state index contributed by atoms with van der Waals surface area (Å²) >= 11 is 0. The molecule has 0 fully saturated rings.